The molecule has 0 bridgehead atoms. The molecular formula is C15H20O4. The Hall–Kier alpha value is -1.55. The predicted octanol–water partition coefficient (Wildman–Crippen LogP) is 2.09. The summed E-state index contributed by atoms with van der Waals surface area (Å²) >= 11 is 0. The van der Waals surface area contributed by atoms with E-state index in [4.69, 9.17) is 14.2 Å². The lowest BCUT2D eigenvalue weighted by Crippen LogP contribution is -2.53. The fourth-order valence-electron chi connectivity index (χ4n) is 2.33. The highest BCUT2D eigenvalue weighted by molar-refractivity contribution is 5.85. The number of rotatable bonds is 5. The molecule has 0 aliphatic carbocycles. The van der Waals surface area contributed by atoms with Gasteiger partial charge in [-0.25, -0.2) is 0 Å². The minimum atomic E-state index is -0.633. The zero-order valence-electron chi connectivity index (χ0n) is 11.7. The largest absolute Gasteiger partial charge is 0.496 e. The van der Waals surface area contributed by atoms with Crippen molar-refractivity contribution < 1.29 is 19.0 Å². The van der Waals surface area contributed by atoms with E-state index in [2.05, 4.69) is 6.92 Å². The van der Waals surface area contributed by atoms with Gasteiger partial charge in [0.15, 0.2) is 0 Å². The van der Waals surface area contributed by atoms with Crippen molar-refractivity contribution in [3.05, 3.63) is 29.3 Å². The Morgan fingerprint density at radius 2 is 2.11 bits per heavy atom. The van der Waals surface area contributed by atoms with E-state index in [0.717, 1.165) is 23.3 Å². The second-order valence-electron chi connectivity index (χ2n) is 4.68. The number of hydrogen-bond acceptors (Lipinski definition) is 4. The van der Waals surface area contributed by atoms with Gasteiger partial charge >= 0.3 is 5.97 Å². The average Bonchev–Trinajstić information content (AvgIpc) is 2.37. The van der Waals surface area contributed by atoms with Crippen LogP contribution in [0.4, 0.5) is 0 Å². The standard InChI is InChI=1S/C15H20O4/c1-4-11-8-12(6-7-13(11)17-3)15(9-18-10-15)14(16)19-5-2/h6-8H,4-5,9-10H2,1-3H3. The predicted molar refractivity (Wildman–Crippen MR) is 71.5 cm³/mol. The van der Waals surface area contributed by atoms with E-state index in [1.54, 1.807) is 7.11 Å². The Bertz CT molecular complexity index is 463. The van der Waals surface area contributed by atoms with Crippen LogP contribution in [0.1, 0.15) is 25.0 Å². The van der Waals surface area contributed by atoms with Crippen molar-refractivity contribution in [2.75, 3.05) is 26.9 Å². The summed E-state index contributed by atoms with van der Waals surface area (Å²) in [6, 6.07) is 5.86. The zero-order chi connectivity index (χ0) is 13.9. The van der Waals surface area contributed by atoms with Crippen molar-refractivity contribution >= 4 is 5.97 Å². The molecule has 0 saturated carbocycles. The van der Waals surface area contributed by atoms with Crippen molar-refractivity contribution in [3.8, 4) is 5.75 Å². The first-order valence-corrected chi connectivity index (χ1v) is 6.60. The van der Waals surface area contributed by atoms with Gasteiger partial charge in [0.05, 0.1) is 26.9 Å². The monoisotopic (exact) mass is 264 g/mol. The Morgan fingerprint density at radius 3 is 2.58 bits per heavy atom. The topological polar surface area (TPSA) is 44.8 Å². The molecule has 0 aromatic heterocycles. The smallest absolute Gasteiger partial charge is 0.321 e. The molecule has 1 aliphatic heterocycles. The molecule has 1 heterocycles. The fourth-order valence-corrected chi connectivity index (χ4v) is 2.33. The molecule has 4 heteroatoms. The van der Waals surface area contributed by atoms with Crippen molar-refractivity contribution in [2.24, 2.45) is 0 Å². The number of ether oxygens (including phenoxy) is 3. The molecule has 104 valence electrons. The first-order valence-electron chi connectivity index (χ1n) is 6.60. The second kappa shape index (κ2) is 5.61. The van der Waals surface area contributed by atoms with Crippen LogP contribution in [0.15, 0.2) is 18.2 Å². The van der Waals surface area contributed by atoms with E-state index >= 15 is 0 Å². The highest BCUT2D eigenvalue weighted by atomic mass is 16.6. The molecule has 1 saturated heterocycles. The Morgan fingerprint density at radius 1 is 1.37 bits per heavy atom. The van der Waals surface area contributed by atoms with E-state index in [0.29, 0.717) is 19.8 Å². The van der Waals surface area contributed by atoms with Gasteiger partial charge in [0.25, 0.3) is 0 Å². The van der Waals surface area contributed by atoms with Gasteiger partial charge in [-0.1, -0.05) is 19.1 Å². The maximum absolute atomic E-state index is 12.2. The third kappa shape index (κ3) is 2.32. The van der Waals surface area contributed by atoms with Crippen LogP contribution >= 0.6 is 0 Å². The number of hydrogen-bond donors (Lipinski definition) is 0. The van der Waals surface area contributed by atoms with Gasteiger partial charge in [-0.05, 0) is 30.5 Å². The molecule has 0 atom stereocenters. The van der Waals surface area contributed by atoms with Crippen LogP contribution in [0, 0.1) is 0 Å². The van der Waals surface area contributed by atoms with Gasteiger partial charge in [-0.2, -0.15) is 0 Å². The molecule has 4 nitrogen and oxygen atoms in total. The Balaban J connectivity index is 2.36. The molecule has 19 heavy (non-hydrogen) atoms. The van der Waals surface area contributed by atoms with Gasteiger partial charge < -0.3 is 14.2 Å². The number of benzene rings is 1. The third-order valence-corrected chi connectivity index (χ3v) is 3.58. The SMILES string of the molecule is CCOC(=O)C1(c2ccc(OC)c(CC)c2)COC1. The van der Waals surface area contributed by atoms with E-state index in [9.17, 15) is 4.79 Å². The molecule has 0 N–H and O–H groups in total. The Kier molecular flexibility index (Phi) is 4.10. The van der Waals surface area contributed by atoms with Crippen LogP contribution in [0.3, 0.4) is 0 Å². The highest BCUT2D eigenvalue weighted by Gasteiger charge is 2.49. The number of aryl methyl sites for hydroxylation is 1. The quantitative estimate of drug-likeness (QED) is 0.764. The van der Waals surface area contributed by atoms with Gasteiger partial charge in [0.1, 0.15) is 11.2 Å². The third-order valence-electron chi connectivity index (χ3n) is 3.58. The van der Waals surface area contributed by atoms with Crippen LogP contribution in [0.25, 0.3) is 0 Å². The molecule has 0 spiro atoms. The minimum absolute atomic E-state index is 0.200. The van der Waals surface area contributed by atoms with E-state index in [-0.39, 0.29) is 5.97 Å². The van der Waals surface area contributed by atoms with Crippen molar-refractivity contribution in [3.63, 3.8) is 0 Å². The molecule has 1 fully saturated rings. The fraction of sp³-hybridized carbons (Fsp3) is 0.533. The number of esters is 1. The molecular weight excluding hydrogens is 244 g/mol. The van der Waals surface area contributed by atoms with Crippen molar-refractivity contribution in [2.45, 2.75) is 25.7 Å². The lowest BCUT2D eigenvalue weighted by molar-refractivity contribution is -0.169. The first kappa shape index (κ1) is 13.9. The van der Waals surface area contributed by atoms with Gasteiger partial charge in [0.2, 0.25) is 0 Å². The van der Waals surface area contributed by atoms with Gasteiger partial charge in [-0.15, -0.1) is 0 Å². The van der Waals surface area contributed by atoms with Crippen LogP contribution in [0.5, 0.6) is 5.75 Å². The average molecular weight is 264 g/mol. The molecule has 1 aromatic carbocycles. The van der Waals surface area contributed by atoms with Gasteiger partial charge in [-0.3, -0.25) is 4.79 Å². The second-order valence-corrected chi connectivity index (χ2v) is 4.68. The highest BCUT2D eigenvalue weighted by Crippen LogP contribution is 2.36. The summed E-state index contributed by atoms with van der Waals surface area (Å²) in [5, 5.41) is 0. The van der Waals surface area contributed by atoms with Crippen molar-refractivity contribution in [1.82, 2.24) is 0 Å². The van der Waals surface area contributed by atoms with Crippen LogP contribution in [-0.2, 0) is 26.1 Å². The number of methoxy groups -OCH3 is 1. The van der Waals surface area contributed by atoms with Crippen LogP contribution in [-0.4, -0.2) is 32.9 Å². The Labute approximate surface area is 113 Å². The van der Waals surface area contributed by atoms with Crippen LogP contribution in [0.2, 0.25) is 0 Å². The van der Waals surface area contributed by atoms with Crippen molar-refractivity contribution in [1.29, 1.82) is 0 Å². The molecule has 0 radical (unpaired) electrons. The van der Waals surface area contributed by atoms with Gasteiger partial charge in [0, 0.05) is 0 Å². The summed E-state index contributed by atoms with van der Waals surface area (Å²) in [4.78, 5) is 12.2. The lowest BCUT2D eigenvalue weighted by Gasteiger charge is -2.39. The lowest BCUT2D eigenvalue weighted by atomic mass is 9.78. The summed E-state index contributed by atoms with van der Waals surface area (Å²) < 4.78 is 15.8. The minimum Gasteiger partial charge on any atom is -0.496 e. The summed E-state index contributed by atoms with van der Waals surface area (Å²) in [7, 11) is 1.65. The van der Waals surface area contributed by atoms with E-state index < -0.39 is 5.41 Å². The molecule has 2 rings (SSSR count). The number of carbonyl (C=O) groups is 1. The first-order chi connectivity index (χ1) is 9.17. The van der Waals surface area contributed by atoms with E-state index in [1.807, 2.05) is 25.1 Å². The molecule has 0 unspecified atom stereocenters. The summed E-state index contributed by atoms with van der Waals surface area (Å²) in [5.41, 5.74) is 1.41. The van der Waals surface area contributed by atoms with E-state index in [1.165, 1.54) is 0 Å². The molecule has 1 aliphatic rings. The molecule has 0 amide bonds. The maximum atomic E-state index is 12.2. The summed E-state index contributed by atoms with van der Waals surface area (Å²) in [6.07, 6.45) is 0.858. The normalized spacial score (nSPS) is 16.6. The van der Waals surface area contributed by atoms with Crippen LogP contribution < -0.4 is 4.74 Å². The number of carbonyl (C=O) groups excluding carboxylic acids is 1. The molecule has 1 aromatic rings. The summed E-state index contributed by atoms with van der Waals surface area (Å²) in [5.74, 6) is 0.652. The summed E-state index contributed by atoms with van der Waals surface area (Å²) in [6.45, 7) is 5.05. The maximum Gasteiger partial charge on any atom is 0.321 e. The zero-order valence-corrected chi connectivity index (χ0v) is 11.7.